The lowest BCUT2D eigenvalue weighted by molar-refractivity contribution is 0.356. The zero-order valence-corrected chi connectivity index (χ0v) is 8.65. The Morgan fingerprint density at radius 1 is 1.07 bits per heavy atom. The number of nitrogens with two attached hydrogens (primary N) is 1. The summed E-state index contributed by atoms with van der Waals surface area (Å²) in [6, 6.07) is 7.35. The van der Waals surface area contributed by atoms with Crippen molar-refractivity contribution in [1.29, 1.82) is 0 Å². The molecule has 0 aliphatic heterocycles. The average Bonchev–Trinajstić information content (AvgIpc) is 2.27. The van der Waals surface area contributed by atoms with E-state index in [9.17, 15) is 0 Å². The van der Waals surface area contributed by atoms with Crippen LogP contribution in [0.1, 0.15) is 0 Å². The number of hydrogen-bond acceptors (Lipinski definition) is 4. The van der Waals surface area contributed by atoms with Gasteiger partial charge in [0.2, 0.25) is 0 Å². The van der Waals surface area contributed by atoms with Gasteiger partial charge in [-0.3, -0.25) is 0 Å². The van der Waals surface area contributed by atoms with Crippen LogP contribution in [0.5, 0.6) is 11.5 Å². The largest absolute Gasteiger partial charge is 0.493 e. The SMILES string of the molecule is COc1cc2ccc(N)nc2cc1OC. The van der Waals surface area contributed by atoms with E-state index in [0.29, 0.717) is 17.3 Å². The number of rotatable bonds is 2. The highest BCUT2D eigenvalue weighted by Crippen LogP contribution is 2.31. The Balaban J connectivity index is 2.69. The van der Waals surface area contributed by atoms with Gasteiger partial charge in [0.15, 0.2) is 11.5 Å². The number of methoxy groups -OCH3 is 2. The average molecular weight is 204 g/mol. The van der Waals surface area contributed by atoms with Gasteiger partial charge in [-0.05, 0) is 18.2 Å². The first-order valence-corrected chi connectivity index (χ1v) is 4.53. The molecular formula is C11H12N2O2. The summed E-state index contributed by atoms with van der Waals surface area (Å²) in [6.45, 7) is 0. The lowest BCUT2D eigenvalue weighted by Gasteiger charge is -2.08. The van der Waals surface area contributed by atoms with Gasteiger partial charge in [-0.15, -0.1) is 0 Å². The monoisotopic (exact) mass is 204 g/mol. The third kappa shape index (κ3) is 1.66. The second-order valence-corrected chi connectivity index (χ2v) is 3.14. The van der Waals surface area contributed by atoms with Gasteiger partial charge in [0.1, 0.15) is 5.82 Å². The molecule has 0 fully saturated rings. The number of ether oxygens (including phenoxy) is 2. The molecule has 0 radical (unpaired) electrons. The lowest BCUT2D eigenvalue weighted by atomic mass is 10.2. The molecule has 0 bridgehead atoms. The number of nitrogen functional groups attached to an aromatic ring is 1. The van der Waals surface area contributed by atoms with E-state index >= 15 is 0 Å². The predicted octanol–water partition coefficient (Wildman–Crippen LogP) is 1.83. The van der Waals surface area contributed by atoms with Crippen LogP contribution in [0, 0.1) is 0 Å². The molecule has 0 unspecified atom stereocenters. The Morgan fingerprint density at radius 3 is 2.40 bits per heavy atom. The second kappa shape index (κ2) is 3.65. The fourth-order valence-electron chi connectivity index (χ4n) is 1.47. The zero-order valence-electron chi connectivity index (χ0n) is 8.65. The number of fused-ring (bicyclic) bond motifs is 1. The molecule has 0 amide bonds. The topological polar surface area (TPSA) is 57.4 Å². The third-order valence-corrected chi connectivity index (χ3v) is 2.22. The molecule has 0 saturated carbocycles. The number of nitrogens with zero attached hydrogens (tertiary/aromatic N) is 1. The molecule has 2 aromatic rings. The summed E-state index contributed by atoms with van der Waals surface area (Å²) in [7, 11) is 3.20. The van der Waals surface area contributed by atoms with E-state index in [-0.39, 0.29) is 0 Å². The summed E-state index contributed by atoms with van der Waals surface area (Å²) in [5.41, 5.74) is 6.40. The van der Waals surface area contributed by atoms with Crippen LogP contribution >= 0.6 is 0 Å². The molecule has 1 aromatic carbocycles. The Hall–Kier alpha value is -1.97. The van der Waals surface area contributed by atoms with Crippen LogP contribution in [-0.4, -0.2) is 19.2 Å². The fourth-order valence-corrected chi connectivity index (χ4v) is 1.47. The van der Waals surface area contributed by atoms with Crippen molar-refractivity contribution in [2.24, 2.45) is 0 Å². The lowest BCUT2D eigenvalue weighted by Crippen LogP contribution is -1.93. The minimum absolute atomic E-state index is 0.495. The van der Waals surface area contributed by atoms with E-state index in [4.69, 9.17) is 15.2 Å². The quantitative estimate of drug-likeness (QED) is 0.810. The van der Waals surface area contributed by atoms with Crippen molar-refractivity contribution in [1.82, 2.24) is 4.98 Å². The summed E-state index contributed by atoms with van der Waals surface area (Å²) < 4.78 is 10.4. The smallest absolute Gasteiger partial charge is 0.162 e. The van der Waals surface area contributed by atoms with Crippen molar-refractivity contribution in [2.45, 2.75) is 0 Å². The van der Waals surface area contributed by atoms with Crippen molar-refractivity contribution >= 4 is 16.7 Å². The Kier molecular flexibility index (Phi) is 2.33. The van der Waals surface area contributed by atoms with Crippen molar-refractivity contribution in [3.8, 4) is 11.5 Å². The van der Waals surface area contributed by atoms with E-state index in [1.165, 1.54) is 0 Å². The summed E-state index contributed by atoms with van der Waals surface area (Å²) in [5.74, 6) is 1.84. The molecule has 4 nitrogen and oxygen atoms in total. The van der Waals surface area contributed by atoms with Crippen LogP contribution in [0.4, 0.5) is 5.82 Å². The number of aromatic nitrogens is 1. The normalized spacial score (nSPS) is 10.3. The minimum Gasteiger partial charge on any atom is -0.493 e. The summed E-state index contributed by atoms with van der Waals surface area (Å²) >= 11 is 0. The highest BCUT2D eigenvalue weighted by molar-refractivity contribution is 5.83. The number of hydrogen-bond donors (Lipinski definition) is 1. The first-order chi connectivity index (χ1) is 7.24. The van der Waals surface area contributed by atoms with Crippen molar-refractivity contribution in [3.05, 3.63) is 24.3 Å². The second-order valence-electron chi connectivity index (χ2n) is 3.14. The number of benzene rings is 1. The van der Waals surface area contributed by atoms with Crippen LogP contribution in [0.3, 0.4) is 0 Å². The molecule has 0 aliphatic rings. The van der Waals surface area contributed by atoms with Crippen LogP contribution in [0.15, 0.2) is 24.3 Å². The van der Waals surface area contributed by atoms with E-state index in [1.807, 2.05) is 18.2 Å². The summed E-state index contributed by atoms with van der Waals surface area (Å²) in [6.07, 6.45) is 0. The molecule has 15 heavy (non-hydrogen) atoms. The number of pyridine rings is 1. The first kappa shape index (κ1) is 9.58. The van der Waals surface area contributed by atoms with E-state index in [1.54, 1.807) is 20.3 Å². The maximum atomic E-state index is 5.60. The Morgan fingerprint density at radius 2 is 1.73 bits per heavy atom. The molecule has 1 heterocycles. The van der Waals surface area contributed by atoms with Crippen LogP contribution in [-0.2, 0) is 0 Å². The fraction of sp³-hybridized carbons (Fsp3) is 0.182. The van der Waals surface area contributed by atoms with E-state index in [2.05, 4.69) is 4.98 Å². The predicted molar refractivity (Wildman–Crippen MR) is 59.3 cm³/mol. The van der Waals surface area contributed by atoms with E-state index in [0.717, 1.165) is 10.9 Å². The molecule has 1 aromatic heterocycles. The molecule has 0 atom stereocenters. The van der Waals surface area contributed by atoms with Crippen LogP contribution in [0.2, 0.25) is 0 Å². The standard InChI is InChI=1S/C11H12N2O2/c1-14-9-5-7-3-4-11(12)13-8(7)6-10(9)15-2/h3-6H,1-2H3,(H2,12,13). The molecule has 78 valence electrons. The minimum atomic E-state index is 0.495. The van der Waals surface area contributed by atoms with Gasteiger partial charge in [0.25, 0.3) is 0 Å². The maximum absolute atomic E-state index is 5.60. The molecule has 0 spiro atoms. The maximum Gasteiger partial charge on any atom is 0.162 e. The molecule has 0 aliphatic carbocycles. The van der Waals surface area contributed by atoms with Gasteiger partial charge >= 0.3 is 0 Å². The van der Waals surface area contributed by atoms with Crippen molar-refractivity contribution < 1.29 is 9.47 Å². The van der Waals surface area contributed by atoms with Gasteiger partial charge in [0, 0.05) is 11.5 Å². The van der Waals surface area contributed by atoms with Crippen molar-refractivity contribution in [2.75, 3.05) is 20.0 Å². The Bertz CT molecular complexity index is 497. The molecule has 0 saturated heterocycles. The zero-order chi connectivity index (χ0) is 10.8. The molecule has 4 heteroatoms. The highest BCUT2D eigenvalue weighted by Gasteiger charge is 2.06. The Labute approximate surface area is 87.6 Å². The van der Waals surface area contributed by atoms with Gasteiger partial charge in [-0.25, -0.2) is 4.98 Å². The third-order valence-electron chi connectivity index (χ3n) is 2.22. The number of anilines is 1. The molecule has 2 N–H and O–H groups in total. The van der Waals surface area contributed by atoms with E-state index < -0.39 is 0 Å². The van der Waals surface area contributed by atoms with Crippen LogP contribution in [0.25, 0.3) is 10.9 Å². The summed E-state index contributed by atoms with van der Waals surface area (Å²) in [5, 5.41) is 0.974. The van der Waals surface area contributed by atoms with Crippen molar-refractivity contribution in [3.63, 3.8) is 0 Å². The van der Waals surface area contributed by atoms with Gasteiger partial charge < -0.3 is 15.2 Å². The molecular weight excluding hydrogens is 192 g/mol. The highest BCUT2D eigenvalue weighted by atomic mass is 16.5. The van der Waals surface area contributed by atoms with Gasteiger partial charge in [-0.2, -0.15) is 0 Å². The molecule has 2 rings (SSSR count). The summed E-state index contributed by atoms with van der Waals surface area (Å²) in [4.78, 5) is 4.20. The first-order valence-electron chi connectivity index (χ1n) is 4.53. The van der Waals surface area contributed by atoms with Crippen LogP contribution < -0.4 is 15.2 Å². The van der Waals surface area contributed by atoms with Gasteiger partial charge in [0.05, 0.1) is 19.7 Å². The van der Waals surface area contributed by atoms with Gasteiger partial charge in [-0.1, -0.05) is 0 Å².